The number of pyridine rings is 1. The maximum Gasteiger partial charge on any atom is 0.269 e. The van der Waals surface area contributed by atoms with Gasteiger partial charge in [-0.1, -0.05) is 17.9 Å². The van der Waals surface area contributed by atoms with Crippen LogP contribution in [0.15, 0.2) is 36.5 Å². The zero-order valence-corrected chi connectivity index (χ0v) is 16.4. The molecule has 3 heterocycles. The van der Waals surface area contributed by atoms with Gasteiger partial charge in [-0.15, -0.1) is 0 Å². The zero-order valence-electron chi connectivity index (χ0n) is 16.4. The van der Waals surface area contributed by atoms with Crippen LogP contribution >= 0.6 is 0 Å². The van der Waals surface area contributed by atoms with Gasteiger partial charge >= 0.3 is 0 Å². The third-order valence-electron chi connectivity index (χ3n) is 5.00. The van der Waals surface area contributed by atoms with Gasteiger partial charge in [0.15, 0.2) is 5.69 Å². The molecule has 0 bridgehead atoms. The lowest BCUT2D eigenvalue weighted by molar-refractivity contribution is -0.137. The van der Waals surface area contributed by atoms with Crippen LogP contribution < -0.4 is 10.5 Å². The van der Waals surface area contributed by atoms with E-state index in [9.17, 15) is 14.7 Å². The molecule has 0 radical (unpaired) electrons. The first-order valence-electron chi connectivity index (χ1n) is 9.16. The number of aromatic nitrogens is 3. The van der Waals surface area contributed by atoms with Crippen molar-refractivity contribution < 1.29 is 19.4 Å². The Balaban J connectivity index is 1.77. The van der Waals surface area contributed by atoms with E-state index in [0.29, 0.717) is 34.6 Å². The van der Waals surface area contributed by atoms with Crippen molar-refractivity contribution in [3.63, 3.8) is 0 Å². The second-order valence-corrected chi connectivity index (χ2v) is 7.01. The van der Waals surface area contributed by atoms with Gasteiger partial charge in [-0.05, 0) is 18.2 Å². The summed E-state index contributed by atoms with van der Waals surface area (Å²) in [4.78, 5) is 29.6. The van der Waals surface area contributed by atoms with Crippen molar-refractivity contribution in [1.82, 2.24) is 19.7 Å². The number of amides is 2. The van der Waals surface area contributed by atoms with E-state index in [-0.39, 0.29) is 12.1 Å². The lowest BCUT2D eigenvalue weighted by atomic mass is 10.0. The molecule has 4 rings (SSSR count). The fraction of sp³-hybridized carbons (Fsp3) is 0.238. The minimum absolute atomic E-state index is 0.0936. The highest BCUT2D eigenvalue weighted by Gasteiger charge is 2.42. The molecule has 0 aliphatic carbocycles. The molecule has 3 aromatic rings. The van der Waals surface area contributed by atoms with E-state index in [0.717, 1.165) is 0 Å². The second kappa shape index (κ2) is 7.17. The second-order valence-electron chi connectivity index (χ2n) is 7.01. The highest BCUT2D eigenvalue weighted by Crippen LogP contribution is 2.25. The number of primary amides is 1. The molecular weight excluding hydrogens is 386 g/mol. The van der Waals surface area contributed by atoms with Crippen molar-refractivity contribution in [2.24, 2.45) is 5.73 Å². The number of fused-ring (bicyclic) bond motifs is 1. The summed E-state index contributed by atoms with van der Waals surface area (Å²) < 4.78 is 6.66. The third kappa shape index (κ3) is 3.23. The van der Waals surface area contributed by atoms with Gasteiger partial charge in [-0.2, -0.15) is 5.10 Å². The smallest absolute Gasteiger partial charge is 0.269 e. The minimum Gasteiger partial charge on any atom is -0.481 e. The van der Waals surface area contributed by atoms with Gasteiger partial charge in [0.2, 0.25) is 11.5 Å². The number of likely N-dealkylation sites (tertiary alicyclic amines) is 1. The highest BCUT2D eigenvalue weighted by molar-refractivity contribution is 6.04. The first-order chi connectivity index (χ1) is 14.3. The molecule has 2 aromatic heterocycles. The number of likely N-dealkylation sites (N-methyl/N-ethyl adjacent to an activating group) is 1. The van der Waals surface area contributed by atoms with Crippen LogP contribution in [-0.2, 0) is 4.79 Å². The molecule has 30 heavy (non-hydrogen) atoms. The average molecular weight is 405 g/mol. The van der Waals surface area contributed by atoms with Crippen LogP contribution in [0.4, 0.5) is 0 Å². The van der Waals surface area contributed by atoms with E-state index < -0.39 is 17.4 Å². The predicted molar refractivity (Wildman–Crippen MR) is 108 cm³/mol. The molecular formula is C21H19N5O4. The number of hydrogen-bond acceptors (Lipinski definition) is 6. The van der Waals surface area contributed by atoms with E-state index in [1.54, 1.807) is 43.6 Å². The van der Waals surface area contributed by atoms with Gasteiger partial charge in [-0.3, -0.25) is 9.59 Å². The minimum atomic E-state index is -1.68. The van der Waals surface area contributed by atoms with Crippen LogP contribution in [0.2, 0.25) is 0 Å². The summed E-state index contributed by atoms with van der Waals surface area (Å²) in [6.07, 6.45) is 1.80. The molecule has 1 aromatic carbocycles. The Labute approximate surface area is 172 Å². The van der Waals surface area contributed by atoms with E-state index in [2.05, 4.69) is 21.9 Å². The van der Waals surface area contributed by atoms with E-state index in [4.69, 9.17) is 10.5 Å². The largest absolute Gasteiger partial charge is 0.481 e. The molecule has 1 fully saturated rings. The lowest BCUT2D eigenvalue weighted by Gasteiger charge is -2.13. The maximum absolute atomic E-state index is 12.1. The summed E-state index contributed by atoms with van der Waals surface area (Å²) in [5.41, 5.74) is 5.67. The maximum atomic E-state index is 12.1. The van der Waals surface area contributed by atoms with Crippen LogP contribution in [0, 0.1) is 11.8 Å². The van der Waals surface area contributed by atoms with Crippen LogP contribution in [0.5, 0.6) is 5.88 Å². The molecule has 3 N–H and O–H groups in total. The first kappa shape index (κ1) is 19.4. The van der Waals surface area contributed by atoms with Gasteiger partial charge in [0.1, 0.15) is 0 Å². The van der Waals surface area contributed by atoms with Crippen molar-refractivity contribution >= 4 is 22.7 Å². The normalized spacial score (nSPS) is 18.4. The van der Waals surface area contributed by atoms with Crippen LogP contribution in [0.25, 0.3) is 16.6 Å². The van der Waals surface area contributed by atoms with Gasteiger partial charge in [-0.25, -0.2) is 9.67 Å². The van der Waals surface area contributed by atoms with Crippen molar-refractivity contribution in [2.45, 2.75) is 12.0 Å². The Hall–Kier alpha value is -3.90. The van der Waals surface area contributed by atoms with Gasteiger partial charge < -0.3 is 20.5 Å². The fourth-order valence-corrected chi connectivity index (χ4v) is 3.35. The highest BCUT2D eigenvalue weighted by atomic mass is 16.5. The molecule has 0 saturated carbocycles. The van der Waals surface area contributed by atoms with Gasteiger partial charge in [0.25, 0.3) is 11.8 Å². The van der Waals surface area contributed by atoms with Crippen LogP contribution in [-0.4, -0.2) is 62.9 Å². The number of rotatable bonds is 3. The fourth-order valence-electron chi connectivity index (χ4n) is 3.35. The number of aliphatic hydroxyl groups is 1. The molecule has 152 valence electrons. The molecule has 1 atom stereocenters. The molecule has 1 aliphatic heterocycles. The molecule has 1 saturated heterocycles. The molecule has 0 spiro atoms. The number of methoxy groups -OCH3 is 1. The molecule has 9 nitrogen and oxygen atoms in total. The Bertz CT molecular complexity index is 1240. The number of hydrogen-bond donors (Lipinski definition) is 2. The van der Waals surface area contributed by atoms with Crippen molar-refractivity contribution in [2.75, 3.05) is 20.7 Å². The van der Waals surface area contributed by atoms with Crippen molar-refractivity contribution in [3.05, 3.63) is 47.8 Å². The summed E-state index contributed by atoms with van der Waals surface area (Å²) in [5.74, 6) is 4.82. The quantitative estimate of drug-likeness (QED) is 0.611. The zero-order chi connectivity index (χ0) is 21.5. The Morgan fingerprint density at radius 1 is 1.37 bits per heavy atom. The number of ether oxygens (including phenoxy) is 1. The average Bonchev–Trinajstić information content (AvgIpc) is 3.26. The van der Waals surface area contributed by atoms with Crippen molar-refractivity contribution in [1.29, 1.82) is 0 Å². The van der Waals surface area contributed by atoms with Gasteiger partial charge in [0.05, 0.1) is 24.5 Å². The Morgan fingerprint density at radius 3 is 2.83 bits per heavy atom. The van der Waals surface area contributed by atoms with Crippen LogP contribution in [0.1, 0.15) is 22.5 Å². The standard InChI is InChI=1S/C21H19N5O4/c1-25-9-8-21(29,20(25)28)7-6-13-4-3-5-14(10-13)26-16-12-23-17(30-2)11-15(16)18(24-26)19(22)27/h3-5,10-12,29H,8-9H2,1-2H3,(H2,22,27). The molecule has 1 aliphatic rings. The predicted octanol–water partition coefficient (Wildman–Crippen LogP) is 0.473. The van der Waals surface area contributed by atoms with E-state index in [1.807, 2.05) is 0 Å². The number of nitrogens with two attached hydrogens (primary N) is 1. The Morgan fingerprint density at radius 2 is 2.17 bits per heavy atom. The van der Waals surface area contributed by atoms with Crippen molar-refractivity contribution in [3.8, 4) is 23.4 Å². The summed E-state index contributed by atoms with van der Waals surface area (Å²) in [6.45, 7) is 0.454. The summed E-state index contributed by atoms with van der Waals surface area (Å²) in [7, 11) is 3.11. The first-order valence-corrected chi connectivity index (χ1v) is 9.16. The molecule has 9 heteroatoms. The topological polar surface area (TPSA) is 124 Å². The Kier molecular flexibility index (Phi) is 4.64. The number of carbonyl (C=O) groups excluding carboxylic acids is 2. The van der Waals surface area contributed by atoms with E-state index >= 15 is 0 Å². The number of benzene rings is 1. The number of carbonyl (C=O) groups is 2. The summed E-state index contributed by atoms with van der Waals surface area (Å²) in [6, 6.07) is 8.64. The van der Waals surface area contributed by atoms with E-state index in [1.165, 1.54) is 16.7 Å². The number of nitrogens with zero attached hydrogens (tertiary/aromatic N) is 4. The molecule has 1 unspecified atom stereocenters. The SMILES string of the molecule is COc1cc2c(C(N)=O)nn(-c3cccc(C#CC4(O)CCN(C)C4=O)c3)c2cn1. The summed E-state index contributed by atoms with van der Waals surface area (Å²) >= 11 is 0. The third-order valence-corrected chi connectivity index (χ3v) is 5.00. The van der Waals surface area contributed by atoms with Crippen LogP contribution in [0.3, 0.4) is 0 Å². The van der Waals surface area contributed by atoms with Gasteiger partial charge in [0, 0.05) is 37.0 Å². The summed E-state index contributed by atoms with van der Waals surface area (Å²) in [5, 5.41) is 15.3. The monoisotopic (exact) mass is 405 g/mol. The molecule has 2 amide bonds. The lowest BCUT2D eigenvalue weighted by Crippen LogP contribution is -2.37.